The van der Waals surface area contributed by atoms with Gasteiger partial charge in [0.25, 0.3) is 0 Å². The molecule has 118 valence electrons. The van der Waals surface area contributed by atoms with Gasteiger partial charge in [-0.05, 0) is 25.0 Å². The Morgan fingerprint density at radius 2 is 1.95 bits per heavy atom. The molecule has 3 rings (SSSR count). The van der Waals surface area contributed by atoms with Gasteiger partial charge < -0.3 is 4.52 Å². The second-order valence-electron chi connectivity index (χ2n) is 6.91. The van der Waals surface area contributed by atoms with Crippen molar-refractivity contribution in [3.8, 4) is 0 Å². The van der Waals surface area contributed by atoms with Crippen LogP contribution in [-0.2, 0) is 23.4 Å². The van der Waals surface area contributed by atoms with Crippen LogP contribution in [0.25, 0.3) is 0 Å². The predicted octanol–water partition coefficient (Wildman–Crippen LogP) is 4.27. The summed E-state index contributed by atoms with van der Waals surface area (Å²) in [6.45, 7) is 5.98. The van der Waals surface area contributed by atoms with E-state index in [1.54, 1.807) is 6.20 Å². The molecular formula is C16H17F3N2O. The molecule has 0 bridgehead atoms. The van der Waals surface area contributed by atoms with Crippen LogP contribution in [0.15, 0.2) is 29.0 Å². The number of hydrogen-bond acceptors (Lipinski definition) is 3. The van der Waals surface area contributed by atoms with Crippen LogP contribution < -0.4 is 0 Å². The van der Waals surface area contributed by atoms with E-state index in [9.17, 15) is 13.2 Å². The maximum Gasteiger partial charge on any atom is 0.416 e. The average molecular weight is 310 g/mol. The number of rotatable bonds is 1. The van der Waals surface area contributed by atoms with Gasteiger partial charge in [0, 0.05) is 28.3 Å². The molecule has 0 saturated carbocycles. The van der Waals surface area contributed by atoms with Gasteiger partial charge in [0.1, 0.15) is 5.76 Å². The highest BCUT2D eigenvalue weighted by Crippen LogP contribution is 2.47. The summed E-state index contributed by atoms with van der Waals surface area (Å²) in [6, 6.07) is 2.17. The van der Waals surface area contributed by atoms with Gasteiger partial charge in [-0.1, -0.05) is 25.9 Å². The number of fused-ring (bicyclic) bond motifs is 1. The predicted molar refractivity (Wildman–Crippen MR) is 74.4 cm³/mol. The zero-order valence-electron chi connectivity index (χ0n) is 12.7. The van der Waals surface area contributed by atoms with E-state index in [-0.39, 0.29) is 5.41 Å². The fourth-order valence-corrected chi connectivity index (χ4v) is 3.60. The lowest BCUT2D eigenvalue weighted by molar-refractivity contribution is -0.137. The van der Waals surface area contributed by atoms with Gasteiger partial charge in [-0.15, -0.1) is 0 Å². The van der Waals surface area contributed by atoms with Crippen molar-refractivity contribution < 1.29 is 17.7 Å². The molecular weight excluding hydrogens is 293 g/mol. The molecule has 1 atom stereocenters. The largest absolute Gasteiger partial charge is 0.416 e. The molecule has 0 aliphatic heterocycles. The van der Waals surface area contributed by atoms with Crippen molar-refractivity contribution in [2.24, 2.45) is 0 Å². The lowest BCUT2D eigenvalue weighted by Crippen LogP contribution is -2.39. The minimum Gasteiger partial charge on any atom is -0.361 e. The van der Waals surface area contributed by atoms with Crippen molar-refractivity contribution in [2.75, 3.05) is 0 Å². The van der Waals surface area contributed by atoms with Crippen LogP contribution >= 0.6 is 0 Å². The molecule has 0 aromatic carbocycles. The highest BCUT2D eigenvalue weighted by molar-refractivity contribution is 5.35. The summed E-state index contributed by atoms with van der Waals surface area (Å²) in [7, 11) is 0. The fourth-order valence-electron chi connectivity index (χ4n) is 3.60. The lowest BCUT2D eigenvalue weighted by Gasteiger charge is -2.40. The van der Waals surface area contributed by atoms with Gasteiger partial charge in [-0.25, -0.2) is 0 Å². The molecule has 2 heterocycles. The molecule has 1 unspecified atom stereocenters. The van der Waals surface area contributed by atoms with Crippen molar-refractivity contribution >= 4 is 0 Å². The van der Waals surface area contributed by atoms with Crippen LogP contribution in [0.4, 0.5) is 13.2 Å². The summed E-state index contributed by atoms with van der Waals surface area (Å²) in [4.78, 5) is 4.22. The molecule has 0 spiro atoms. The van der Waals surface area contributed by atoms with E-state index >= 15 is 0 Å². The molecule has 0 N–H and O–H groups in total. The van der Waals surface area contributed by atoms with Gasteiger partial charge in [0.2, 0.25) is 0 Å². The van der Waals surface area contributed by atoms with Gasteiger partial charge in [0.15, 0.2) is 0 Å². The highest BCUT2D eigenvalue weighted by Gasteiger charge is 2.45. The Hall–Kier alpha value is -1.85. The number of hydrogen-bond donors (Lipinski definition) is 0. The monoisotopic (exact) mass is 310 g/mol. The van der Waals surface area contributed by atoms with E-state index in [4.69, 9.17) is 4.52 Å². The van der Waals surface area contributed by atoms with E-state index in [0.717, 1.165) is 23.5 Å². The number of halogens is 3. The summed E-state index contributed by atoms with van der Waals surface area (Å²) < 4.78 is 44.2. The van der Waals surface area contributed by atoms with E-state index in [0.29, 0.717) is 18.5 Å². The second kappa shape index (κ2) is 4.57. The van der Waals surface area contributed by atoms with Gasteiger partial charge in [-0.2, -0.15) is 13.2 Å². The Labute approximate surface area is 126 Å². The van der Waals surface area contributed by atoms with E-state index in [2.05, 4.69) is 10.1 Å². The SMILES string of the molecule is CC1(C)CC(C)(c2cc(C(F)(F)F)ccn2)Cc2cnoc21. The van der Waals surface area contributed by atoms with Crippen LogP contribution in [0.1, 0.15) is 49.8 Å². The average Bonchev–Trinajstić information content (AvgIpc) is 2.86. The summed E-state index contributed by atoms with van der Waals surface area (Å²) in [6.07, 6.45) is -0.248. The molecule has 6 heteroatoms. The third-order valence-electron chi connectivity index (χ3n) is 4.38. The molecule has 22 heavy (non-hydrogen) atoms. The molecule has 2 aromatic rings. The minimum absolute atomic E-state index is 0.297. The zero-order valence-corrected chi connectivity index (χ0v) is 12.7. The van der Waals surface area contributed by atoms with Crippen LogP contribution in [0, 0.1) is 0 Å². The smallest absolute Gasteiger partial charge is 0.361 e. The summed E-state index contributed by atoms with van der Waals surface area (Å²) >= 11 is 0. The normalized spacial score (nSPS) is 24.1. The van der Waals surface area contributed by atoms with E-state index in [1.807, 2.05) is 20.8 Å². The van der Waals surface area contributed by atoms with Crippen LogP contribution in [0.2, 0.25) is 0 Å². The topological polar surface area (TPSA) is 38.9 Å². The van der Waals surface area contributed by atoms with Crippen molar-refractivity contribution in [1.29, 1.82) is 0 Å². The van der Waals surface area contributed by atoms with Crippen molar-refractivity contribution in [3.05, 3.63) is 47.1 Å². The first-order chi connectivity index (χ1) is 10.1. The zero-order chi connectivity index (χ0) is 16.2. The number of pyridine rings is 1. The highest BCUT2D eigenvalue weighted by atomic mass is 19.4. The van der Waals surface area contributed by atoms with Crippen LogP contribution in [0.3, 0.4) is 0 Å². The second-order valence-corrected chi connectivity index (χ2v) is 6.91. The third kappa shape index (κ3) is 2.40. The molecule has 3 nitrogen and oxygen atoms in total. The molecule has 2 aromatic heterocycles. The number of nitrogens with zero attached hydrogens (tertiary/aromatic N) is 2. The van der Waals surface area contributed by atoms with Crippen LogP contribution in [-0.4, -0.2) is 10.1 Å². The molecule has 0 saturated heterocycles. The maximum atomic E-state index is 12.9. The quantitative estimate of drug-likeness (QED) is 0.789. The van der Waals surface area contributed by atoms with E-state index < -0.39 is 17.2 Å². The summed E-state index contributed by atoms with van der Waals surface area (Å²) in [5.41, 5.74) is -0.0363. The van der Waals surface area contributed by atoms with Crippen LogP contribution in [0.5, 0.6) is 0 Å². The Morgan fingerprint density at radius 3 is 2.64 bits per heavy atom. The van der Waals surface area contributed by atoms with Gasteiger partial charge in [0.05, 0.1) is 11.8 Å². The first-order valence-electron chi connectivity index (χ1n) is 7.10. The number of alkyl halides is 3. The summed E-state index contributed by atoms with van der Waals surface area (Å²) in [5.74, 6) is 0.817. The van der Waals surface area contributed by atoms with Crippen molar-refractivity contribution in [1.82, 2.24) is 10.1 Å². The standard InChI is InChI=1S/C16H17F3N2O/c1-14(2)9-15(3,7-10-8-21-22-13(10)14)12-6-11(4-5-20-12)16(17,18)19/h4-6,8H,7,9H2,1-3H3. The fraction of sp³-hybridized carbons (Fsp3) is 0.500. The van der Waals surface area contributed by atoms with Gasteiger partial charge in [-0.3, -0.25) is 4.98 Å². The van der Waals surface area contributed by atoms with Gasteiger partial charge >= 0.3 is 6.18 Å². The minimum atomic E-state index is -4.36. The lowest BCUT2D eigenvalue weighted by atomic mass is 9.63. The molecule has 0 fully saturated rings. The Balaban J connectivity index is 2.06. The molecule has 0 amide bonds. The Bertz CT molecular complexity index is 705. The first-order valence-corrected chi connectivity index (χ1v) is 7.10. The maximum absolute atomic E-state index is 12.9. The Morgan fingerprint density at radius 1 is 1.23 bits per heavy atom. The van der Waals surface area contributed by atoms with Crippen molar-refractivity contribution in [3.63, 3.8) is 0 Å². The third-order valence-corrected chi connectivity index (χ3v) is 4.38. The van der Waals surface area contributed by atoms with E-state index in [1.165, 1.54) is 6.20 Å². The van der Waals surface area contributed by atoms with Crippen molar-refractivity contribution in [2.45, 2.75) is 50.6 Å². The summed E-state index contributed by atoms with van der Waals surface area (Å²) in [5, 5.41) is 3.84. The molecule has 1 aliphatic carbocycles. The first kappa shape index (κ1) is 15.1. The Kier molecular flexibility index (Phi) is 3.13. The number of aromatic nitrogens is 2. The molecule has 0 radical (unpaired) electrons. The molecule has 1 aliphatic rings.